The minimum absolute atomic E-state index is 0.107. The molecule has 118 valence electrons. The van der Waals surface area contributed by atoms with Crippen molar-refractivity contribution in [3.05, 3.63) is 59.7 Å². The fourth-order valence-electron chi connectivity index (χ4n) is 2.54. The second-order valence-corrected chi connectivity index (χ2v) is 5.27. The predicted molar refractivity (Wildman–Crippen MR) is 87.9 cm³/mol. The van der Waals surface area contributed by atoms with E-state index in [2.05, 4.69) is 22.7 Å². The number of ether oxygens (including phenoxy) is 2. The Bertz CT molecular complexity index is 714. The monoisotopic (exact) mass is 310 g/mol. The van der Waals surface area contributed by atoms with E-state index in [1.807, 2.05) is 24.3 Å². The number of carbonyl (C=O) groups excluding carboxylic acids is 1. The van der Waals surface area contributed by atoms with Crippen molar-refractivity contribution in [2.24, 2.45) is 5.10 Å². The summed E-state index contributed by atoms with van der Waals surface area (Å²) in [5.41, 5.74) is 6.04. The molecule has 5 nitrogen and oxygen atoms in total. The van der Waals surface area contributed by atoms with E-state index in [0.717, 1.165) is 18.6 Å². The summed E-state index contributed by atoms with van der Waals surface area (Å²) in [4.78, 5) is 11.9. The van der Waals surface area contributed by atoms with Gasteiger partial charge in [-0.25, -0.2) is 5.43 Å². The standard InChI is InChI=1S/C18H18N2O3/c1-22-16-8-4-5-9-17(16)23-12-18(21)20-19-15-10-13-6-2-3-7-14(13)11-15/h2-9H,10-12H2,1H3,(H,20,21). The van der Waals surface area contributed by atoms with Gasteiger partial charge in [0.05, 0.1) is 7.11 Å². The molecule has 0 saturated heterocycles. The molecule has 2 aromatic rings. The molecular formula is C18H18N2O3. The van der Waals surface area contributed by atoms with Crippen molar-refractivity contribution >= 4 is 11.6 Å². The van der Waals surface area contributed by atoms with E-state index in [1.165, 1.54) is 11.1 Å². The molecule has 5 heteroatoms. The highest BCUT2D eigenvalue weighted by Gasteiger charge is 2.16. The molecule has 0 saturated carbocycles. The van der Waals surface area contributed by atoms with Gasteiger partial charge in [0.25, 0.3) is 5.91 Å². The fraction of sp³-hybridized carbons (Fsp3) is 0.222. The SMILES string of the molecule is COc1ccccc1OCC(=O)NN=C1Cc2ccccc2C1. The van der Waals surface area contributed by atoms with Crippen LogP contribution in [0, 0.1) is 0 Å². The van der Waals surface area contributed by atoms with E-state index in [1.54, 1.807) is 19.2 Å². The first kappa shape index (κ1) is 15.1. The molecule has 1 N–H and O–H groups in total. The van der Waals surface area contributed by atoms with Gasteiger partial charge in [0.1, 0.15) is 0 Å². The Morgan fingerprint density at radius 1 is 1.04 bits per heavy atom. The molecule has 2 aromatic carbocycles. The molecule has 23 heavy (non-hydrogen) atoms. The zero-order chi connectivity index (χ0) is 16.1. The molecule has 1 aliphatic rings. The smallest absolute Gasteiger partial charge is 0.277 e. The third kappa shape index (κ3) is 3.69. The van der Waals surface area contributed by atoms with Crippen LogP contribution in [0.3, 0.4) is 0 Å². The van der Waals surface area contributed by atoms with E-state index in [4.69, 9.17) is 9.47 Å². The van der Waals surface area contributed by atoms with Crippen molar-refractivity contribution < 1.29 is 14.3 Å². The number of rotatable bonds is 5. The van der Waals surface area contributed by atoms with Crippen LogP contribution in [0.5, 0.6) is 11.5 Å². The van der Waals surface area contributed by atoms with Gasteiger partial charge >= 0.3 is 0 Å². The van der Waals surface area contributed by atoms with Crippen LogP contribution < -0.4 is 14.9 Å². The molecule has 0 bridgehead atoms. The van der Waals surface area contributed by atoms with Crippen molar-refractivity contribution in [3.63, 3.8) is 0 Å². The van der Waals surface area contributed by atoms with Crippen molar-refractivity contribution in [3.8, 4) is 11.5 Å². The van der Waals surface area contributed by atoms with E-state index in [9.17, 15) is 4.79 Å². The molecule has 1 amide bonds. The summed E-state index contributed by atoms with van der Waals surface area (Å²) in [5.74, 6) is 0.836. The van der Waals surface area contributed by atoms with E-state index < -0.39 is 0 Å². The average Bonchev–Trinajstić information content (AvgIpc) is 3.01. The van der Waals surface area contributed by atoms with E-state index >= 15 is 0 Å². The summed E-state index contributed by atoms with van der Waals surface area (Å²) >= 11 is 0. The maximum atomic E-state index is 11.9. The second-order valence-electron chi connectivity index (χ2n) is 5.27. The number of hydrazone groups is 1. The number of fused-ring (bicyclic) bond motifs is 1. The van der Waals surface area contributed by atoms with Gasteiger partial charge in [-0.3, -0.25) is 4.79 Å². The summed E-state index contributed by atoms with van der Waals surface area (Å²) < 4.78 is 10.6. The maximum absolute atomic E-state index is 11.9. The van der Waals surface area contributed by atoms with Crippen LogP contribution in [0.25, 0.3) is 0 Å². The number of carbonyl (C=O) groups is 1. The molecule has 0 unspecified atom stereocenters. The van der Waals surface area contributed by atoms with Gasteiger partial charge in [0, 0.05) is 18.6 Å². The molecular weight excluding hydrogens is 292 g/mol. The second kappa shape index (κ2) is 6.96. The normalized spacial score (nSPS) is 12.5. The number of hydrogen-bond acceptors (Lipinski definition) is 4. The van der Waals surface area contributed by atoms with Crippen LogP contribution in [0.15, 0.2) is 53.6 Å². The number of benzene rings is 2. The summed E-state index contributed by atoms with van der Waals surface area (Å²) in [6.07, 6.45) is 1.56. The first-order valence-corrected chi connectivity index (χ1v) is 7.43. The van der Waals surface area contributed by atoms with Crippen LogP contribution in [-0.2, 0) is 17.6 Å². The summed E-state index contributed by atoms with van der Waals surface area (Å²) in [6.45, 7) is -0.107. The Kier molecular flexibility index (Phi) is 4.57. The van der Waals surface area contributed by atoms with Gasteiger partial charge in [-0.15, -0.1) is 0 Å². The molecule has 0 radical (unpaired) electrons. The number of amides is 1. The van der Waals surface area contributed by atoms with Gasteiger partial charge in [-0.05, 0) is 23.3 Å². The molecule has 0 spiro atoms. The first-order chi connectivity index (χ1) is 11.3. The Morgan fingerprint density at radius 3 is 2.30 bits per heavy atom. The molecule has 3 rings (SSSR count). The van der Waals surface area contributed by atoms with Gasteiger partial charge in [-0.1, -0.05) is 36.4 Å². The Morgan fingerprint density at radius 2 is 1.65 bits per heavy atom. The molecule has 0 aliphatic heterocycles. The quantitative estimate of drug-likeness (QED) is 0.862. The van der Waals surface area contributed by atoms with Crippen molar-refractivity contribution in [1.82, 2.24) is 5.43 Å². The highest BCUT2D eigenvalue weighted by molar-refractivity contribution is 5.93. The lowest BCUT2D eigenvalue weighted by molar-refractivity contribution is -0.123. The van der Waals surface area contributed by atoms with Gasteiger partial charge in [0.2, 0.25) is 0 Å². The lowest BCUT2D eigenvalue weighted by Gasteiger charge is -2.09. The summed E-state index contributed by atoms with van der Waals surface area (Å²) in [6, 6.07) is 15.4. The van der Waals surface area contributed by atoms with Crippen LogP contribution >= 0.6 is 0 Å². The average molecular weight is 310 g/mol. The van der Waals surface area contributed by atoms with Gasteiger partial charge in [0.15, 0.2) is 18.1 Å². The van der Waals surface area contributed by atoms with Gasteiger partial charge < -0.3 is 9.47 Å². The Balaban J connectivity index is 1.52. The van der Waals surface area contributed by atoms with Crippen LogP contribution in [-0.4, -0.2) is 25.3 Å². The Hall–Kier alpha value is -2.82. The number of nitrogens with zero attached hydrogens (tertiary/aromatic N) is 1. The summed E-state index contributed by atoms with van der Waals surface area (Å²) in [7, 11) is 1.56. The zero-order valence-corrected chi connectivity index (χ0v) is 12.9. The maximum Gasteiger partial charge on any atom is 0.277 e. The molecule has 0 heterocycles. The number of nitrogens with one attached hydrogen (secondary N) is 1. The van der Waals surface area contributed by atoms with E-state index in [-0.39, 0.29) is 12.5 Å². The third-order valence-corrected chi connectivity index (χ3v) is 3.67. The van der Waals surface area contributed by atoms with Gasteiger partial charge in [-0.2, -0.15) is 5.10 Å². The Labute approximate surface area is 134 Å². The number of hydrogen-bond donors (Lipinski definition) is 1. The predicted octanol–water partition coefficient (Wildman–Crippen LogP) is 2.35. The molecule has 0 aromatic heterocycles. The van der Waals surface area contributed by atoms with Crippen LogP contribution in [0.1, 0.15) is 11.1 Å². The molecule has 1 aliphatic carbocycles. The fourth-order valence-corrected chi connectivity index (χ4v) is 2.54. The van der Waals surface area contributed by atoms with Crippen molar-refractivity contribution in [1.29, 1.82) is 0 Å². The first-order valence-electron chi connectivity index (χ1n) is 7.43. The van der Waals surface area contributed by atoms with Crippen molar-refractivity contribution in [2.75, 3.05) is 13.7 Å². The number of para-hydroxylation sites is 2. The third-order valence-electron chi connectivity index (χ3n) is 3.67. The minimum atomic E-state index is -0.292. The highest BCUT2D eigenvalue weighted by Crippen LogP contribution is 2.25. The summed E-state index contributed by atoms with van der Waals surface area (Å²) in [5, 5.41) is 4.20. The topological polar surface area (TPSA) is 59.9 Å². The zero-order valence-electron chi connectivity index (χ0n) is 12.9. The van der Waals surface area contributed by atoms with Crippen molar-refractivity contribution in [2.45, 2.75) is 12.8 Å². The van der Waals surface area contributed by atoms with E-state index in [0.29, 0.717) is 11.5 Å². The van der Waals surface area contributed by atoms with Crippen LogP contribution in [0.2, 0.25) is 0 Å². The molecule has 0 atom stereocenters. The lowest BCUT2D eigenvalue weighted by atomic mass is 10.1. The minimum Gasteiger partial charge on any atom is -0.493 e. The highest BCUT2D eigenvalue weighted by atomic mass is 16.5. The largest absolute Gasteiger partial charge is 0.493 e. The number of methoxy groups -OCH3 is 1. The lowest BCUT2D eigenvalue weighted by Crippen LogP contribution is -2.26. The molecule has 0 fully saturated rings. The van der Waals surface area contributed by atoms with Crippen LogP contribution in [0.4, 0.5) is 0 Å².